The topological polar surface area (TPSA) is 31.4 Å². The van der Waals surface area contributed by atoms with Gasteiger partial charge in [0.05, 0.1) is 10.2 Å². The normalized spacial score (nSPS) is 11.6. The molecule has 9 heteroatoms. The second-order valence-electron chi connectivity index (χ2n) is 4.10. The molecule has 0 saturated carbocycles. The number of hydrogen-bond acceptors (Lipinski definition) is 8. The summed E-state index contributed by atoms with van der Waals surface area (Å²) in [6.45, 7) is 0. The molecule has 22 heavy (non-hydrogen) atoms. The molecule has 0 saturated heterocycles. The van der Waals surface area contributed by atoms with Gasteiger partial charge in [-0.15, -0.1) is 11.3 Å². The number of para-hydroxylation sites is 1. The summed E-state index contributed by atoms with van der Waals surface area (Å²) in [5.41, 5.74) is 1.10. The quantitative estimate of drug-likeness (QED) is 0.213. The number of fused-ring (bicyclic) bond motifs is 1. The highest BCUT2D eigenvalue weighted by atomic mass is 33.7. The summed E-state index contributed by atoms with van der Waals surface area (Å²) in [7, 11) is 11.4. The monoisotopic (exact) mass is 407 g/mol. The lowest BCUT2D eigenvalue weighted by atomic mass is 10.3. The van der Waals surface area contributed by atoms with Gasteiger partial charge in [-0.3, -0.25) is 0 Å². The Bertz CT molecular complexity index is 519. The summed E-state index contributed by atoms with van der Waals surface area (Å²) in [5.74, 6) is 1.13. The van der Waals surface area contributed by atoms with Crippen molar-refractivity contribution in [2.24, 2.45) is 0 Å². The van der Waals surface area contributed by atoms with Crippen molar-refractivity contribution in [2.45, 2.75) is 22.7 Å². The van der Waals surface area contributed by atoms with E-state index in [1.54, 1.807) is 46.2 Å². The molecule has 0 atom stereocenters. The molecule has 0 aliphatic heterocycles. The van der Waals surface area contributed by atoms with E-state index in [9.17, 15) is 0 Å². The number of methoxy groups -OCH3 is 2. The lowest BCUT2D eigenvalue weighted by Gasteiger charge is -2.11. The third-order valence-electron chi connectivity index (χ3n) is 2.60. The molecule has 1 aromatic heterocycles. The molecule has 3 nitrogen and oxygen atoms in total. The zero-order valence-electron chi connectivity index (χ0n) is 12.3. The van der Waals surface area contributed by atoms with E-state index in [0.717, 1.165) is 31.2 Å². The lowest BCUT2D eigenvalue weighted by Crippen LogP contribution is -2.20. The second-order valence-corrected chi connectivity index (χ2v) is 12.7. The number of ether oxygens (including phenoxy) is 2. The SMILES string of the molecule is COC(OC)[Si]CCCSSSSc1nc2ccccc2s1. The Morgan fingerprint density at radius 2 is 2.05 bits per heavy atom. The van der Waals surface area contributed by atoms with E-state index >= 15 is 0 Å². The summed E-state index contributed by atoms with van der Waals surface area (Å²) < 4.78 is 12.8. The number of benzene rings is 1. The fourth-order valence-electron chi connectivity index (χ4n) is 1.60. The van der Waals surface area contributed by atoms with Crippen molar-refractivity contribution < 1.29 is 9.47 Å². The molecule has 0 bridgehead atoms. The van der Waals surface area contributed by atoms with Gasteiger partial charge in [0, 0.05) is 20.0 Å². The van der Waals surface area contributed by atoms with E-state index in [-0.39, 0.29) is 5.91 Å². The Balaban J connectivity index is 1.52. The van der Waals surface area contributed by atoms with E-state index in [1.807, 2.05) is 26.7 Å². The Morgan fingerprint density at radius 1 is 1.23 bits per heavy atom. The van der Waals surface area contributed by atoms with E-state index in [4.69, 9.17) is 9.47 Å². The average Bonchev–Trinajstić information content (AvgIpc) is 2.96. The molecule has 120 valence electrons. The van der Waals surface area contributed by atoms with Gasteiger partial charge in [-0.2, -0.15) is 0 Å². The fraction of sp³-hybridized carbons (Fsp3) is 0.462. The van der Waals surface area contributed by atoms with Crippen LogP contribution in [-0.4, -0.2) is 40.4 Å². The minimum absolute atomic E-state index is 0.0263. The van der Waals surface area contributed by atoms with Crippen LogP contribution in [0.15, 0.2) is 28.6 Å². The van der Waals surface area contributed by atoms with Crippen molar-refractivity contribution >= 4 is 72.3 Å². The van der Waals surface area contributed by atoms with Crippen molar-refractivity contribution in [3.8, 4) is 0 Å². The van der Waals surface area contributed by atoms with Gasteiger partial charge >= 0.3 is 0 Å². The molecule has 0 amide bonds. The molecule has 0 unspecified atom stereocenters. The number of thiazole rings is 1. The third kappa shape index (κ3) is 6.64. The minimum Gasteiger partial charge on any atom is -0.360 e. The molecular weight excluding hydrogens is 391 g/mol. The maximum Gasteiger partial charge on any atom is 0.162 e. The smallest absolute Gasteiger partial charge is 0.162 e. The van der Waals surface area contributed by atoms with Crippen LogP contribution in [-0.2, 0) is 9.47 Å². The van der Waals surface area contributed by atoms with E-state index < -0.39 is 0 Å². The predicted octanol–water partition coefficient (Wildman–Crippen LogP) is 5.42. The highest BCUT2D eigenvalue weighted by Crippen LogP contribution is 2.48. The summed E-state index contributed by atoms with van der Waals surface area (Å²) in [5, 5.41) is 0. The van der Waals surface area contributed by atoms with Crippen LogP contribution in [0.5, 0.6) is 0 Å². The Hall–Kier alpha value is 0.647. The third-order valence-corrected chi connectivity index (χ3v) is 11.7. The Labute approximate surface area is 153 Å². The van der Waals surface area contributed by atoms with Crippen LogP contribution in [0, 0.1) is 0 Å². The first-order chi connectivity index (χ1) is 10.8. The van der Waals surface area contributed by atoms with Crippen LogP contribution in [0.2, 0.25) is 6.04 Å². The lowest BCUT2D eigenvalue weighted by molar-refractivity contribution is -0.0441. The standard InChI is InChI=1S/C13H17NO2S5Si/c1-15-13(16-2)22-9-5-8-17-20-21-19-12-14-10-6-3-4-7-11(10)18-12/h3-4,6-7,13H,5,8-9H2,1-2H3. The maximum absolute atomic E-state index is 5.18. The van der Waals surface area contributed by atoms with Gasteiger partial charge in [0.2, 0.25) is 0 Å². The van der Waals surface area contributed by atoms with Crippen molar-refractivity contribution in [1.82, 2.24) is 4.98 Å². The molecule has 2 rings (SSSR count). The van der Waals surface area contributed by atoms with Gasteiger partial charge in [0.15, 0.2) is 4.34 Å². The zero-order chi connectivity index (χ0) is 15.6. The molecule has 0 aliphatic rings. The Kier molecular flexibility index (Phi) is 9.70. The average molecular weight is 408 g/mol. The van der Waals surface area contributed by atoms with Gasteiger partial charge in [-0.05, 0) is 49.0 Å². The molecule has 0 aliphatic carbocycles. The van der Waals surface area contributed by atoms with E-state index in [1.165, 1.54) is 11.1 Å². The summed E-state index contributed by atoms with van der Waals surface area (Å²) in [6.07, 6.45) is 1.20. The van der Waals surface area contributed by atoms with Gasteiger partial charge in [0.25, 0.3) is 0 Å². The minimum atomic E-state index is -0.0263. The van der Waals surface area contributed by atoms with Gasteiger partial charge in [0.1, 0.15) is 15.4 Å². The highest BCUT2D eigenvalue weighted by molar-refractivity contribution is 9.26. The van der Waals surface area contributed by atoms with Crippen LogP contribution in [0.4, 0.5) is 0 Å². The molecular formula is C13H17NO2S5Si. The maximum atomic E-state index is 5.18. The largest absolute Gasteiger partial charge is 0.360 e. The number of aromatic nitrogens is 1. The van der Waals surface area contributed by atoms with Crippen LogP contribution in [0.1, 0.15) is 6.42 Å². The second kappa shape index (κ2) is 11.2. The molecule has 0 fully saturated rings. The van der Waals surface area contributed by atoms with Crippen LogP contribution in [0.3, 0.4) is 0 Å². The molecule has 1 heterocycles. The summed E-state index contributed by atoms with van der Waals surface area (Å²) in [4.78, 5) is 4.61. The van der Waals surface area contributed by atoms with E-state index in [2.05, 4.69) is 23.2 Å². The summed E-state index contributed by atoms with van der Waals surface area (Å²) >= 11 is 1.76. The number of rotatable bonds is 11. The first kappa shape index (κ1) is 19.0. The van der Waals surface area contributed by atoms with Gasteiger partial charge in [-0.1, -0.05) is 29.0 Å². The number of hydrogen-bond donors (Lipinski definition) is 0. The van der Waals surface area contributed by atoms with Crippen LogP contribution >= 0.6 is 52.6 Å². The van der Waals surface area contributed by atoms with Crippen LogP contribution < -0.4 is 0 Å². The first-order valence-electron chi connectivity index (χ1n) is 6.61. The molecule has 0 spiro atoms. The van der Waals surface area contributed by atoms with E-state index in [0.29, 0.717) is 0 Å². The van der Waals surface area contributed by atoms with Gasteiger partial charge in [-0.25, -0.2) is 4.98 Å². The number of nitrogens with zero attached hydrogens (tertiary/aromatic N) is 1. The molecule has 2 aromatic rings. The summed E-state index contributed by atoms with van der Waals surface area (Å²) in [6, 6.07) is 9.45. The van der Waals surface area contributed by atoms with Crippen molar-refractivity contribution in [3.05, 3.63) is 24.3 Å². The Morgan fingerprint density at radius 3 is 2.82 bits per heavy atom. The van der Waals surface area contributed by atoms with Crippen LogP contribution in [0.25, 0.3) is 10.2 Å². The fourth-order valence-corrected chi connectivity index (χ4v) is 10.1. The van der Waals surface area contributed by atoms with Crippen molar-refractivity contribution in [2.75, 3.05) is 20.0 Å². The zero-order valence-corrected chi connectivity index (χ0v) is 17.4. The molecule has 1 aromatic carbocycles. The van der Waals surface area contributed by atoms with Gasteiger partial charge < -0.3 is 9.47 Å². The molecule has 0 N–H and O–H groups in total. The predicted molar refractivity (Wildman–Crippen MR) is 106 cm³/mol. The first-order valence-corrected chi connectivity index (χ1v) is 13.7. The van der Waals surface area contributed by atoms with Crippen molar-refractivity contribution in [1.29, 1.82) is 0 Å². The molecule has 2 radical (unpaired) electrons. The highest BCUT2D eigenvalue weighted by Gasteiger charge is 2.06. The van der Waals surface area contributed by atoms with Crippen molar-refractivity contribution in [3.63, 3.8) is 0 Å².